The predicted molar refractivity (Wildman–Crippen MR) is 85.4 cm³/mol. The van der Waals surface area contributed by atoms with Crippen molar-refractivity contribution >= 4 is 11.6 Å². The Morgan fingerprint density at radius 2 is 1.95 bits per heavy atom. The summed E-state index contributed by atoms with van der Waals surface area (Å²) in [4.78, 5) is 14.1. The second-order valence-electron chi connectivity index (χ2n) is 6.38. The summed E-state index contributed by atoms with van der Waals surface area (Å²) in [6.45, 7) is 5.18. The van der Waals surface area contributed by atoms with Crippen molar-refractivity contribution in [1.82, 2.24) is 4.90 Å². The smallest absolute Gasteiger partial charge is 0.238 e. The van der Waals surface area contributed by atoms with E-state index in [0.717, 1.165) is 42.6 Å². The van der Waals surface area contributed by atoms with Crippen LogP contribution in [0.25, 0.3) is 0 Å². The fraction of sp³-hybridized carbons (Fsp3) is 0.588. The molecule has 2 unspecified atom stereocenters. The molecule has 1 aliphatic rings. The zero-order valence-electron chi connectivity index (χ0n) is 13.2. The summed E-state index contributed by atoms with van der Waals surface area (Å²) in [5.41, 5.74) is 3.15. The second-order valence-corrected chi connectivity index (χ2v) is 6.38. The Kier molecular flexibility index (Phi) is 5.37. The average Bonchev–Trinajstić information content (AvgIpc) is 2.73. The van der Waals surface area contributed by atoms with Gasteiger partial charge in [-0.05, 0) is 62.9 Å². The summed E-state index contributed by atoms with van der Waals surface area (Å²) in [6.07, 6.45) is 2.85. The van der Waals surface area contributed by atoms with Crippen molar-refractivity contribution in [3.05, 3.63) is 29.3 Å². The molecular formula is C17H26N2O2. The van der Waals surface area contributed by atoms with Crippen LogP contribution in [-0.2, 0) is 4.79 Å². The lowest BCUT2D eigenvalue weighted by Gasteiger charge is -2.22. The first-order chi connectivity index (χ1) is 9.94. The van der Waals surface area contributed by atoms with Gasteiger partial charge in [0.2, 0.25) is 5.91 Å². The molecule has 1 amide bonds. The highest BCUT2D eigenvalue weighted by Gasteiger charge is 2.26. The molecule has 4 nitrogen and oxygen atoms in total. The molecule has 116 valence electrons. The minimum absolute atomic E-state index is 0.00464. The number of anilines is 1. The van der Waals surface area contributed by atoms with Crippen molar-refractivity contribution in [2.24, 2.45) is 5.92 Å². The Hall–Kier alpha value is -1.39. The van der Waals surface area contributed by atoms with Crippen LogP contribution in [0.1, 0.15) is 30.4 Å². The van der Waals surface area contributed by atoms with Crippen LogP contribution >= 0.6 is 0 Å². The van der Waals surface area contributed by atoms with E-state index in [1.807, 2.05) is 37.9 Å². The number of likely N-dealkylation sites (N-methyl/N-ethyl adjacent to an activating group) is 1. The SMILES string of the molecule is Cc1cc(C)cc(NC(=O)CN(C)CC2CCCC2O)c1. The number of carbonyl (C=O) groups excluding carboxylic acids is 1. The van der Waals surface area contributed by atoms with Crippen molar-refractivity contribution in [1.29, 1.82) is 0 Å². The van der Waals surface area contributed by atoms with Crippen LogP contribution in [-0.4, -0.2) is 42.2 Å². The third-order valence-corrected chi connectivity index (χ3v) is 4.08. The standard InChI is InChI=1S/C17H26N2O2/c1-12-7-13(2)9-15(8-12)18-17(21)11-19(3)10-14-5-4-6-16(14)20/h7-9,14,16,20H,4-6,10-11H2,1-3H3,(H,18,21). The molecule has 4 heteroatoms. The summed E-state index contributed by atoms with van der Waals surface area (Å²) in [7, 11) is 1.94. The number of carbonyl (C=O) groups is 1. The van der Waals surface area contributed by atoms with E-state index in [2.05, 4.69) is 11.4 Å². The molecule has 0 aliphatic heterocycles. The Labute approximate surface area is 127 Å². The van der Waals surface area contributed by atoms with Crippen LogP contribution in [0.4, 0.5) is 5.69 Å². The molecule has 1 aromatic carbocycles. The van der Waals surface area contributed by atoms with Crippen LogP contribution in [0.2, 0.25) is 0 Å². The van der Waals surface area contributed by atoms with Crippen molar-refractivity contribution in [3.8, 4) is 0 Å². The minimum atomic E-state index is -0.199. The molecule has 1 fully saturated rings. The highest BCUT2D eigenvalue weighted by Crippen LogP contribution is 2.25. The number of amides is 1. The van der Waals surface area contributed by atoms with E-state index in [4.69, 9.17) is 0 Å². The highest BCUT2D eigenvalue weighted by atomic mass is 16.3. The average molecular weight is 290 g/mol. The van der Waals surface area contributed by atoms with Crippen LogP contribution in [0.15, 0.2) is 18.2 Å². The molecule has 1 aromatic rings. The van der Waals surface area contributed by atoms with Gasteiger partial charge < -0.3 is 10.4 Å². The number of benzene rings is 1. The Balaban J connectivity index is 1.83. The zero-order chi connectivity index (χ0) is 15.4. The molecule has 0 saturated heterocycles. The Morgan fingerprint density at radius 3 is 2.52 bits per heavy atom. The van der Waals surface area contributed by atoms with E-state index >= 15 is 0 Å². The molecule has 1 aliphatic carbocycles. The van der Waals surface area contributed by atoms with E-state index in [1.165, 1.54) is 0 Å². The Morgan fingerprint density at radius 1 is 1.29 bits per heavy atom. The summed E-state index contributed by atoms with van der Waals surface area (Å²) in [5.74, 6) is 0.305. The number of hydrogen-bond acceptors (Lipinski definition) is 3. The van der Waals surface area contributed by atoms with Crippen LogP contribution in [0.5, 0.6) is 0 Å². The molecular weight excluding hydrogens is 264 g/mol. The summed E-state index contributed by atoms with van der Waals surface area (Å²) in [5, 5.41) is 12.8. The van der Waals surface area contributed by atoms with Crippen molar-refractivity contribution in [3.63, 3.8) is 0 Å². The lowest BCUT2D eigenvalue weighted by molar-refractivity contribution is -0.117. The zero-order valence-corrected chi connectivity index (χ0v) is 13.2. The van der Waals surface area contributed by atoms with E-state index in [-0.39, 0.29) is 12.0 Å². The van der Waals surface area contributed by atoms with E-state index in [0.29, 0.717) is 12.5 Å². The van der Waals surface area contributed by atoms with Gasteiger partial charge in [-0.1, -0.05) is 12.5 Å². The fourth-order valence-electron chi connectivity index (χ4n) is 3.19. The quantitative estimate of drug-likeness (QED) is 0.875. The minimum Gasteiger partial charge on any atom is -0.393 e. The van der Waals surface area contributed by atoms with Gasteiger partial charge in [0.1, 0.15) is 0 Å². The molecule has 0 aromatic heterocycles. The van der Waals surface area contributed by atoms with Gasteiger partial charge in [0.25, 0.3) is 0 Å². The van der Waals surface area contributed by atoms with Crippen LogP contribution in [0.3, 0.4) is 0 Å². The van der Waals surface area contributed by atoms with E-state index in [1.54, 1.807) is 0 Å². The summed E-state index contributed by atoms with van der Waals surface area (Å²) >= 11 is 0. The Bertz CT molecular complexity index is 481. The molecule has 0 bridgehead atoms. The number of aryl methyl sites for hydroxylation is 2. The number of hydrogen-bond donors (Lipinski definition) is 2. The first-order valence-corrected chi connectivity index (χ1v) is 7.69. The first kappa shape index (κ1) is 16.0. The molecule has 21 heavy (non-hydrogen) atoms. The maximum absolute atomic E-state index is 12.1. The maximum atomic E-state index is 12.1. The van der Waals surface area contributed by atoms with Crippen molar-refractivity contribution in [2.45, 2.75) is 39.2 Å². The molecule has 2 rings (SSSR count). The normalized spacial score (nSPS) is 21.8. The predicted octanol–water partition coefficient (Wildman–Crippen LogP) is 2.33. The van der Waals surface area contributed by atoms with Crippen molar-refractivity contribution < 1.29 is 9.90 Å². The van der Waals surface area contributed by atoms with E-state index in [9.17, 15) is 9.90 Å². The van der Waals surface area contributed by atoms with Crippen LogP contribution in [0, 0.1) is 19.8 Å². The monoisotopic (exact) mass is 290 g/mol. The molecule has 2 N–H and O–H groups in total. The van der Waals surface area contributed by atoms with Gasteiger partial charge in [-0.2, -0.15) is 0 Å². The molecule has 0 spiro atoms. The van der Waals surface area contributed by atoms with Gasteiger partial charge in [-0.15, -0.1) is 0 Å². The number of nitrogens with one attached hydrogen (secondary N) is 1. The molecule has 1 saturated carbocycles. The lowest BCUT2D eigenvalue weighted by atomic mass is 10.1. The van der Waals surface area contributed by atoms with Gasteiger partial charge >= 0.3 is 0 Å². The number of rotatable bonds is 5. The number of aliphatic hydroxyl groups is 1. The summed E-state index contributed by atoms with van der Waals surface area (Å²) in [6, 6.07) is 6.04. The molecule has 2 atom stereocenters. The van der Waals surface area contributed by atoms with Crippen molar-refractivity contribution in [2.75, 3.05) is 25.5 Å². The van der Waals surface area contributed by atoms with Crippen LogP contribution < -0.4 is 5.32 Å². The second kappa shape index (κ2) is 7.05. The van der Waals surface area contributed by atoms with E-state index < -0.39 is 0 Å². The van der Waals surface area contributed by atoms with Gasteiger partial charge in [-0.25, -0.2) is 0 Å². The lowest BCUT2D eigenvalue weighted by Crippen LogP contribution is -2.35. The number of nitrogens with zero attached hydrogens (tertiary/aromatic N) is 1. The molecule has 0 heterocycles. The first-order valence-electron chi connectivity index (χ1n) is 7.69. The third kappa shape index (κ3) is 4.83. The largest absolute Gasteiger partial charge is 0.393 e. The maximum Gasteiger partial charge on any atom is 0.238 e. The third-order valence-electron chi connectivity index (χ3n) is 4.08. The van der Waals surface area contributed by atoms with Gasteiger partial charge in [-0.3, -0.25) is 9.69 Å². The highest BCUT2D eigenvalue weighted by molar-refractivity contribution is 5.92. The topological polar surface area (TPSA) is 52.6 Å². The summed E-state index contributed by atoms with van der Waals surface area (Å²) < 4.78 is 0. The fourth-order valence-corrected chi connectivity index (χ4v) is 3.19. The van der Waals surface area contributed by atoms with Gasteiger partial charge in [0.05, 0.1) is 12.6 Å². The van der Waals surface area contributed by atoms with Gasteiger partial charge in [0.15, 0.2) is 0 Å². The molecule has 0 radical (unpaired) electrons. The number of aliphatic hydroxyl groups excluding tert-OH is 1. The van der Waals surface area contributed by atoms with Gasteiger partial charge in [0, 0.05) is 12.2 Å².